The van der Waals surface area contributed by atoms with Crippen LogP contribution < -0.4 is 10.2 Å². The highest BCUT2D eigenvalue weighted by atomic mass is 19.1. The number of hydrogen-bond donors (Lipinski definition) is 1. The molecule has 1 aromatic carbocycles. The summed E-state index contributed by atoms with van der Waals surface area (Å²) in [6.07, 6.45) is 2.70. The molecule has 6 nitrogen and oxygen atoms in total. The molecule has 1 N–H and O–H groups in total. The summed E-state index contributed by atoms with van der Waals surface area (Å²) in [7, 11) is 0. The number of halogens is 1. The number of nitrogens with zero attached hydrogens (tertiary/aromatic N) is 2. The van der Waals surface area contributed by atoms with E-state index < -0.39 is 5.41 Å². The molecule has 2 amide bonds. The van der Waals surface area contributed by atoms with Gasteiger partial charge in [-0.05, 0) is 37.1 Å². The fourth-order valence-electron chi connectivity index (χ4n) is 3.57. The monoisotopic (exact) mass is 371 g/mol. The van der Waals surface area contributed by atoms with Crippen molar-refractivity contribution in [2.75, 3.05) is 31.1 Å². The zero-order valence-electron chi connectivity index (χ0n) is 15.0. The van der Waals surface area contributed by atoms with Gasteiger partial charge in [-0.1, -0.05) is 12.1 Å². The molecule has 4 rings (SSSR count). The second-order valence-corrected chi connectivity index (χ2v) is 7.07. The predicted octanol–water partition coefficient (Wildman–Crippen LogP) is 2.16. The molecule has 0 unspecified atom stereocenters. The molecule has 1 saturated heterocycles. The largest absolute Gasteiger partial charge is 0.467 e. The van der Waals surface area contributed by atoms with Crippen LogP contribution in [0, 0.1) is 11.2 Å². The van der Waals surface area contributed by atoms with E-state index in [1.54, 1.807) is 41.5 Å². The van der Waals surface area contributed by atoms with Crippen molar-refractivity contribution >= 4 is 17.5 Å². The first-order valence-corrected chi connectivity index (χ1v) is 9.20. The quantitative estimate of drug-likeness (QED) is 0.818. The first-order chi connectivity index (χ1) is 13.1. The number of benzene rings is 1. The van der Waals surface area contributed by atoms with Gasteiger partial charge >= 0.3 is 0 Å². The minimum Gasteiger partial charge on any atom is -0.467 e. The van der Waals surface area contributed by atoms with E-state index in [2.05, 4.69) is 5.32 Å². The zero-order chi connectivity index (χ0) is 18.9. The molecule has 1 aromatic heterocycles. The van der Waals surface area contributed by atoms with Crippen LogP contribution in [-0.4, -0.2) is 42.9 Å². The van der Waals surface area contributed by atoms with Crippen molar-refractivity contribution in [2.24, 2.45) is 5.41 Å². The Kier molecular flexibility index (Phi) is 4.59. The Morgan fingerprint density at radius 3 is 2.44 bits per heavy atom. The van der Waals surface area contributed by atoms with Gasteiger partial charge in [-0.2, -0.15) is 0 Å². The summed E-state index contributed by atoms with van der Waals surface area (Å²) in [6.45, 7) is 2.36. The third kappa shape index (κ3) is 3.41. The van der Waals surface area contributed by atoms with Crippen LogP contribution in [0.15, 0.2) is 47.1 Å². The number of anilines is 1. The first kappa shape index (κ1) is 17.6. The Balaban J connectivity index is 1.35. The van der Waals surface area contributed by atoms with E-state index in [-0.39, 0.29) is 24.2 Å². The molecule has 142 valence electrons. The third-order valence-electron chi connectivity index (χ3n) is 5.36. The molecule has 2 fully saturated rings. The smallest absolute Gasteiger partial charge is 0.238 e. The molecule has 2 aromatic rings. The lowest BCUT2D eigenvalue weighted by Gasteiger charge is -2.37. The van der Waals surface area contributed by atoms with Crippen molar-refractivity contribution in [3.63, 3.8) is 0 Å². The summed E-state index contributed by atoms with van der Waals surface area (Å²) in [6, 6.07) is 10.2. The lowest BCUT2D eigenvalue weighted by molar-refractivity contribution is -0.144. The Morgan fingerprint density at radius 1 is 1.07 bits per heavy atom. The molecule has 1 aliphatic heterocycles. The third-order valence-corrected chi connectivity index (χ3v) is 5.36. The molecule has 0 atom stereocenters. The van der Waals surface area contributed by atoms with E-state index in [1.807, 2.05) is 4.90 Å². The fraction of sp³-hybridized carbons (Fsp3) is 0.400. The number of para-hydroxylation sites is 1. The van der Waals surface area contributed by atoms with Crippen molar-refractivity contribution in [2.45, 2.75) is 19.4 Å². The van der Waals surface area contributed by atoms with E-state index >= 15 is 0 Å². The zero-order valence-corrected chi connectivity index (χ0v) is 15.0. The van der Waals surface area contributed by atoms with Gasteiger partial charge in [-0.25, -0.2) is 4.39 Å². The number of rotatable bonds is 5. The summed E-state index contributed by atoms with van der Waals surface area (Å²) in [5.41, 5.74) is -0.380. The normalized spacial score (nSPS) is 18.3. The summed E-state index contributed by atoms with van der Waals surface area (Å²) in [5, 5.41) is 2.81. The van der Waals surface area contributed by atoms with Crippen LogP contribution in [0.2, 0.25) is 0 Å². The molecule has 7 heteroatoms. The number of carbonyl (C=O) groups is 2. The lowest BCUT2D eigenvalue weighted by Crippen LogP contribution is -2.53. The molecule has 0 bridgehead atoms. The van der Waals surface area contributed by atoms with Gasteiger partial charge in [-0.3, -0.25) is 9.59 Å². The lowest BCUT2D eigenvalue weighted by atomic mass is 10.0. The van der Waals surface area contributed by atoms with Gasteiger partial charge < -0.3 is 19.5 Å². The minimum absolute atomic E-state index is 0.118. The van der Waals surface area contributed by atoms with Crippen LogP contribution in [0.3, 0.4) is 0 Å². The van der Waals surface area contributed by atoms with Gasteiger partial charge in [0, 0.05) is 26.2 Å². The maximum Gasteiger partial charge on any atom is 0.238 e. The van der Waals surface area contributed by atoms with Gasteiger partial charge in [0.2, 0.25) is 11.8 Å². The number of carbonyl (C=O) groups excluding carboxylic acids is 2. The van der Waals surface area contributed by atoms with E-state index in [0.29, 0.717) is 50.5 Å². The molecule has 1 aliphatic carbocycles. The standard InChI is InChI=1S/C20H22FN3O3/c21-16-5-1-2-6-17(16)23-9-11-24(12-10-23)19(26)20(7-8-20)18(25)22-14-15-4-3-13-27-15/h1-6,13H,7-12,14H2,(H,22,25). The summed E-state index contributed by atoms with van der Waals surface area (Å²) >= 11 is 0. The average Bonchev–Trinajstić information content (AvgIpc) is 3.35. The number of hydrogen-bond acceptors (Lipinski definition) is 4. The van der Waals surface area contributed by atoms with E-state index in [4.69, 9.17) is 4.42 Å². The highest BCUT2D eigenvalue weighted by Crippen LogP contribution is 2.47. The van der Waals surface area contributed by atoms with Gasteiger partial charge in [0.05, 0.1) is 18.5 Å². The van der Waals surface area contributed by atoms with Crippen LogP contribution >= 0.6 is 0 Å². The Labute approximate surface area is 156 Å². The topological polar surface area (TPSA) is 65.8 Å². The Morgan fingerprint density at radius 2 is 1.81 bits per heavy atom. The predicted molar refractivity (Wildman–Crippen MR) is 97.4 cm³/mol. The molecule has 0 radical (unpaired) electrons. The summed E-state index contributed by atoms with van der Waals surface area (Å²) in [4.78, 5) is 29.2. The van der Waals surface area contributed by atoms with Crippen LogP contribution in [0.1, 0.15) is 18.6 Å². The Hall–Kier alpha value is -2.83. The van der Waals surface area contributed by atoms with E-state index in [0.717, 1.165) is 0 Å². The van der Waals surface area contributed by atoms with Crippen LogP contribution in [-0.2, 0) is 16.1 Å². The second-order valence-electron chi connectivity index (χ2n) is 7.07. The van der Waals surface area contributed by atoms with Gasteiger partial charge in [0.1, 0.15) is 17.0 Å². The molecule has 2 heterocycles. The van der Waals surface area contributed by atoms with Crippen molar-refractivity contribution in [3.05, 3.63) is 54.2 Å². The molecule has 0 spiro atoms. The van der Waals surface area contributed by atoms with Crippen molar-refractivity contribution < 1.29 is 18.4 Å². The van der Waals surface area contributed by atoms with Crippen molar-refractivity contribution in [1.82, 2.24) is 10.2 Å². The molecular formula is C20H22FN3O3. The number of piperazine rings is 1. The number of nitrogens with one attached hydrogen (secondary N) is 1. The first-order valence-electron chi connectivity index (χ1n) is 9.20. The van der Waals surface area contributed by atoms with Crippen molar-refractivity contribution in [1.29, 1.82) is 0 Å². The highest BCUT2D eigenvalue weighted by Gasteiger charge is 2.58. The molecule has 27 heavy (non-hydrogen) atoms. The number of amides is 2. The minimum atomic E-state index is -0.938. The highest BCUT2D eigenvalue weighted by molar-refractivity contribution is 6.07. The molecular weight excluding hydrogens is 349 g/mol. The second kappa shape index (κ2) is 7.06. The SMILES string of the molecule is O=C(NCc1ccco1)C1(C(=O)N2CCN(c3ccccc3F)CC2)CC1. The number of furan rings is 1. The van der Waals surface area contributed by atoms with Crippen LogP contribution in [0.4, 0.5) is 10.1 Å². The van der Waals surface area contributed by atoms with Gasteiger partial charge in [0.15, 0.2) is 0 Å². The summed E-state index contributed by atoms with van der Waals surface area (Å²) in [5.74, 6) is 0.0476. The van der Waals surface area contributed by atoms with E-state index in [1.165, 1.54) is 6.07 Å². The fourth-order valence-corrected chi connectivity index (χ4v) is 3.57. The van der Waals surface area contributed by atoms with Crippen LogP contribution in [0.25, 0.3) is 0 Å². The van der Waals surface area contributed by atoms with Gasteiger partial charge in [-0.15, -0.1) is 0 Å². The van der Waals surface area contributed by atoms with Crippen molar-refractivity contribution in [3.8, 4) is 0 Å². The van der Waals surface area contributed by atoms with Gasteiger partial charge in [0.25, 0.3) is 0 Å². The average molecular weight is 371 g/mol. The van der Waals surface area contributed by atoms with E-state index in [9.17, 15) is 14.0 Å². The molecule has 2 aliphatic rings. The van der Waals surface area contributed by atoms with Crippen LogP contribution in [0.5, 0.6) is 0 Å². The summed E-state index contributed by atoms with van der Waals surface area (Å²) < 4.78 is 19.2. The maximum absolute atomic E-state index is 14.0. The molecule has 1 saturated carbocycles. The maximum atomic E-state index is 14.0. The Bertz CT molecular complexity index is 825.